The van der Waals surface area contributed by atoms with Crippen LogP contribution < -0.4 is 4.72 Å². The number of benzene rings is 2. The van der Waals surface area contributed by atoms with E-state index in [1.54, 1.807) is 0 Å². The monoisotopic (exact) mass is 261 g/mol. The first-order valence-electron chi connectivity index (χ1n) is 5.63. The van der Waals surface area contributed by atoms with Crippen LogP contribution in [0, 0.1) is 0 Å². The van der Waals surface area contributed by atoms with Gasteiger partial charge in [0, 0.05) is 6.54 Å². The summed E-state index contributed by atoms with van der Waals surface area (Å²) in [4.78, 5) is 0. The molecule has 94 valence electrons. The number of nitrogens with one attached hydrogen (secondary N) is 1. The van der Waals surface area contributed by atoms with E-state index in [4.69, 9.17) is 0 Å². The van der Waals surface area contributed by atoms with Crippen LogP contribution in [0.1, 0.15) is 5.56 Å². The molecular formula is C14H15NO2S. The van der Waals surface area contributed by atoms with Crippen LogP contribution in [-0.4, -0.2) is 14.7 Å². The van der Waals surface area contributed by atoms with Crippen molar-refractivity contribution in [2.24, 2.45) is 0 Å². The molecule has 0 aliphatic carbocycles. The van der Waals surface area contributed by atoms with Crippen molar-refractivity contribution in [2.45, 2.75) is 6.54 Å². The predicted octanol–water partition coefficient (Wildman–Crippen LogP) is 2.40. The van der Waals surface area contributed by atoms with Crippen molar-refractivity contribution >= 4 is 10.0 Å². The lowest BCUT2D eigenvalue weighted by Crippen LogP contribution is -2.21. The summed E-state index contributed by atoms with van der Waals surface area (Å²) in [5.74, 6) is 0. The van der Waals surface area contributed by atoms with Gasteiger partial charge in [0.25, 0.3) is 0 Å². The normalized spacial score (nSPS) is 11.4. The number of sulfonamides is 1. The first-order chi connectivity index (χ1) is 8.54. The van der Waals surface area contributed by atoms with Crippen LogP contribution in [-0.2, 0) is 16.6 Å². The minimum atomic E-state index is -3.15. The molecule has 1 N–H and O–H groups in total. The lowest BCUT2D eigenvalue weighted by atomic mass is 10.0. The molecule has 0 heterocycles. The molecule has 0 unspecified atom stereocenters. The Kier molecular flexibility index (Phi) is 3.79. The molecule has 3 nitrogen and oxygen atoms in total. The van der Waals surface area contributed by atoms with Gasteiger partial charge in [-0.15, -0.1) is 0 Å². The Labute approximate surface area is 108 Å². The van der Waals surface area contributed by atoms with Crippen LogP contribution >= 0.6 is 0 Å². The summed E-state index contributed by atoms with van der Waals surface area (Å²) in [6.45, 7) is 0.319. The van der Waals surface area contributed by atoms with Crippen molar-refractivity contribution in [3.8, 4) is 11.1 Å². The fraction of sp³-hybridized carbons (Fsp3) is 0.143. The summed E-state index contributed by atoms with van der Waals surface area (Å²) in [5, 5.41) is 0. The van der Waals surface area contributed by atoms with Crippen LogP contribution in [0.3, 0.4) is 0 Å². The topological polar surface area (TPSA) is 46.2 Å². The van der Waals surface area contributed by atoms with Gasteiger partial charge in [-0.25, -0.2) is 13.1 Å². The Morgan fingerprint density at radius 1 is 0.944 bits per heavy atom. The first-order valence-corrected chi connectivity index (χ1v) is 7.53. The Balaban J connectivity index is 2.21. The van der Waals surface area contributed by atoms with Gasteiger partial charge in [0.15, 0.2) is 0 Å². The first kappa shape index (κ1) is 12.8. The minimum absolute atomic E-state index is 0.319. The molecule has 0 radical (unpaired) electrons. The third kappa shape index (κ3) is 3.68. The second-order valence-corrected chi connectivity index (χ2v) is 5.99. The van der Waals surface area contributed by atoms with Crippen molar-refractivity contribution in [3.05, 3.63) is 60.2 Å². The third-order valence-electron chi connectivity index (χ3n) is 2.57. The van der Waals surface area contributed by atoms with E-state index in [2.05, 4.69) is 4.72 Å². The van der Waals surface area contributed by atoms with E-state index in [-0.39, 0.29) is 0 Å². The standard InChI is InChI=1S/C14H15NO2S/c1-18(16,17)15-11-12-6-5-9-14(10-12)13-7-3-2-4-8-13/h2-10,15H,11H2,1H3. The third-order valence-corrected chi connectivity index (χ3v) is 3.24. The van der Waals surface area contributed by atoms with Crippen molar-refractivity contribution < 1.29 is 8.42 Å². The van der Waals surface area contributed by atoms with Gasteiger partial charge in [0.1, 0.15) is 0 Å². The fourth-order valence-corrected chi connectivity index (χ4v) is 2.13. The van der Waals surface area contributed by atoms with Crippen molar-refractivity contribution in [3.63, 3.8) is 0 Å². The van der Waals surface area contributed by atoms with Gasteiger partial charge in [-0.1, -0.05) is 48.5 Å². The molecule has 4 heteroatoms. The van der Waals surface area contributed by atoms with E-state index >= 15 is 0 Å². The molecule has 0 aliphatic heterocycles. The summed E-state index contributed by atoms with van der Waals surface area (Å²) in [5.41, 5.74) is 3.16. The van der Waals surface area contributed by atoms with E-state index in [0.29, 0.717) is 6.54 Å². The lowest BCUT2D eigenvalue weighted by molar-refractivity contribution is 0.587. The van der Waals surface area contributed by atoms with Gasteiger partial charge < -0.3 is 0 Å². The maximum atomic E-state index is 11.0. The summed E-state index contributed by atoms with van der Waals surface area (Å²) >= 11 is 0. The summed E-state index contributed by atoms with van der Waals surface area (Å²) in [6, 6.07) is 17.8. The quantitative estimate of drug-likeness (QED) is 0.918. The second-order valence-electron chi connectivity index (χ2n) is 4.16. The van der Waals surface area contributed by atoms with Gasteiger partial charge in [-0.3, -0.25) is 0 Å². The molecule has 2 aromatic carbocycles. The Bertz CT molecular complexity index is 621. The number of hydrogen-bond acceptors (Lipinski definition) is 2. The molecular weight excluding hydrogens is 246 g/mol. The average molecular weight is 261 g/mol. The summed E-state index contributed by atoms with van der Waals surface area (Å²) < 4.78 is 24.6. The molecule has 2 aromatic rings. The lowest BCUT2D eigenvalue weighted by Gasteiger charge is -2.06. The Morgan fingerprint density at radius 3 is 2.28 bits per heavy atom. The van der Waals surface area contributed by atoms with Crippen LogP contribution in [0.25, 0.3) is 11.1 Å². The fourth-order valence-electron chi connectivity index (χ4n) is 1.71. The molecule has 0 amide bonds. The van der Waals surface area contributed by atoms with Crippen molar-refractivity contribution in [2.75, 3.05) is 6.26 Å². The maximum Gasteiger partial charge on any atom is 0.209 e. The molecule has 0 fully saturated rings. The highest BCUT2D eigenvalue weighted by atomic mass is 32.2. The largest absolute Gasteiger partial charge is 0.213 e. The van der Waals surface area contributed by atoms with Gasteiger partial charge in [0.2, 0.25) is 10.0 Å². The molecule has 2 rings (SSSR count). The molecule has 0 aliphatic rings. The number of rotatable bonds is 4. The van der Waals surface area contributed by atoms with E-state index < -0.39 is 10.0 Å². The van der Waals surface area contributed by atoms with Gasteiger partial charge >= 0.3 is 0 Å². The summed E-state index contributed by atoms with van der Waals surface area (Å²) in [7, 11) is -3.15. The highest BCUT2D eigenvalue weighted by Crippen LogP contribution is 2.19. The second kappa shape index (κ2) is 5.33. The Hall–Kier alpha value is -1.65. The van der Waals surface area contributed by atoms with Gasteiger partial charge in [0.05, 0.1) is 6.26 Å². The van der Waals surface area contributed by atoms with E-state index in [1.165, 1.54) is 0 Å². The van der Waals surface area contributed by atoms with Gasteiger partial charge in [-0.05, 0) is 22.8 Å². The maximum absolute atomic E-state index is 11.0. The zero-order valence-electron chi connectivity index (χ0n) is 10.1. The highest BCUT2D eigenvalue weighted by molar-refractivity contribution is 7.88. The van der Waals surface area contributed by atoms with Crippen LogP contribution in [0.15, 0.2) is 54.6 Å². The van der Waals surface area contributed by atoms with E-state index in [1.807, 2.05) is 54.6 Å². The Morgan fingerprint density at radius 2 is 1.61 bits per heavy atom. The molecule has 0 bridgehead atoms. The molecule has 0 aromatic heterocycles. The molecule has 0 saturated heterocycles. The zero-order chi connectivity index (χ0) is 13.0. The molecule has 0 spiro atoms. The van der Waals surface area contributed by atoms with Crippen LogP contribution in [0.4, 0.5) is 0 Å². The van der Waals surface area contributed by atoms with E-state index in [9.17, 15) is 8.42 Å². The average Bonchev–Trinajstić information content (AvgIpc) is 2.37. The SMILES string of the molecule is CS(=O)(=O)NCc1cccc(-c2ccccc2)c1. The van der Waals surface area contributed by atoms with Crippen molar-refractivity contribution in [1.29, 1.82) is 0 Å². The van der Waals surface area contributed by atoms with Gasteiger partial charge in [-0.2, -0.15) is 0 Å². The molecule has 0 saturated carbocycles. The minimum Gasteiger partial charge on any atom is -0.213 e. The number of hydrogen-bond donors (Lipinski definition) is 1. The zero-order valence-corrected chi connectivity index (χ0v) is 10.9. The molecule has 0 atom stereocenters. The smallest absolute Gasteiger partial charge is 0.209 e. The highest BCUT2D eigenvalue weighted by Gasteiger charge is 2.02. The summed E-state index contributed by atoms with van der Waals surface area (Å²) in [6.07, 6.45) is 1.16. The van der Waals surface area contributed by atoms with E-state index in [0.717, 1.165) is 22.9 Å². The van der Waals surface area contributed by atoms with Crippen LogP contribution in [0.5, 0.6) is 0 Å². The van der Waals surface area contributed by atoms with Crippen molar-refractivity contribution in [1.82, 2.24) is 4.72 Å². The predicted molar refractivity (Wildman–Crippen MR) is 73.6 cm³/mol. The van der Waals surface area contributed by atoms with Crippen LogP contribution in [0.2, 0.25) is 0 Å². The molecule has 18 heavy (non-hydrogen) atoms.